The van der Waals surface area contributed by atoms with Crippen LogP contribution in [0.5, 0.6) is 0 Å². The highest BCUT2D eigenvalue weighted by molar-refractivity contribution is 6.06. The first kappa shape index (κ1) is 16.0. The number of carbonyl (C=O) groups excluding carboxylic acids is 1. The largest absolute Gasteiger partial charge is 0.478 e. The molecule has 6 nitrogen and oxygen atoms in total. The number of carbonyl (C=O) groups is 3. The quantitative estimate of drug-likeness (QED) is 0.737. The molecule has 0 saturated heterocycles. The van der Waals surface area contributed by atoms with Gasteiger partial charge in [-0.3, -0.25) is 4.79 Å². The van der Waals surface area contributed by atoms with Gasteiger partial charge in [-0.25, -0.2) is 9.59 Å². The van der Waals surface area contributed by atoms with Gasteiger partial charge in [-0.1, -0.05) is 30.3 Å². The second-order valence-electron chi connectivity index (χ2n) is 4.57. The topological polar surface area (TPSA) is 104 Å². The van der Waals surface area contributed by atoms with Crippen LogP contribution in [0.1, 0.15) is 26.3 Å². The van der Waals surface area contributed by atoms with Crippen LogP contribution in [0.4, 0.5) is 5.69 Å². The molecular formula is C17H13NO5. The minimum absolute atomic E-state index is 0.0276. The van der Waals surface area contributed by atoms with Gasteiger partial charge in [0.2, 0.25) is 5.91 Å². The van der Waals surface area contributed by atoms with Crippen LogP contribution in [-0.2, 0) is 4.79 Å². The highest BCUT2D eigenvalue weighted by Gasteiger charge is 2.11. The SMILES string of the molecule is O=C(/C=C/c1ccccc1C(=O)O)Nc1ccccc1C(=O)O. The van der Waals surface area contributed by atoms with Crippen molar-refractivity contribution in [1.82, 2.24) is 0 Å². The number of benzene rings is 2. The summed E-state index contributed by atoms with van der Waals surface area (Å²) in [4.78, 5) is 34.0. The lowest BCUT2D eigenvalue weighted by Gasteiger charge is -2.06. The lowest BCUT2D eigenvalue weighted by molar-refractivity contribution is -0.111. The van der Waals surface area contributed by atoms with Crippen molar-refractivity contribution in [2.75, 3.05) is 5.32 Å². The van der Waals surface area contributed by atoms with Crippen LogP contribution in [0, 0.1) is 0 Å². The lowest BCUT2D eigenvalue weighted by Crippen LogP contribution is -2.12. The molecule has 0 unspecified atom stereocenters. The summed E-state index contributed by atoms with van der Waals surface area (Å²) in [5, 5.41) is 20.6. The van der Waals surface area contributed by atoms with Crippen molar-refractivity contribution in [3.8, 4) is 0 Å². The van der Waals surface area contributed by atoms with E-state index in [1.165, 1.54) is 24.3 Å². The first-order valence-corrected chi connectivity index (χ1v) is 6.62. The maximum absolute atomic E-state index is 11.9. The zero-order chi connectivity index (χ0) is 16.8. The lowest BCUT2D eigenvalue weighted by atomic mass is 10.1. The van der Waals surface area contributed by atoms with Crippen molar-refractivity contribution in [1.29, 1.82) is 0 Å². The molecule has 0 heterocycles. The van der Waals surface area contributed by atoms with Crippen LogP contribution < -0.4 is 5.32 Å². The fraction of sp³-hybridized carbons (Fsp3) is 0. The summed E-state index contributed by atoms with van der Waals surface area (Å²) < 4.78 is 0. The van der Waals surface area contributed by atoms with Crippen LogP contribution in [-0.4, -0.2) is 28.1 Å². The Morgan fingerprint density at radius 2 is 1.39 bits per heavy atom. The molecule has 1 amide bonds. The summed E-state index contributed by atoms with van der Waals surface area (Å²) in [6, 6.07) is 12.2. The number of nitrogens with one attached hydrogen (secondary N) is 1. The Morgan fingerprint density at radius 1 is 0.826 bits per heavy atom. The molecule has 2 rings (SSSR count). The molecule has 116 valence electrons. The zero-order valence-electron chi connectivity index (χ0n) is 11.9. The fourth-order valence-electron chi connectivity index (χ4n) is 1.96. The number of amides is 1. The zero-order valence-corrected chi connectivity index (χ0v) is 11.9. The highest BCUT2D eigenvalue weighted by atomic mass is 16.4. The number of hydrogen-bond donors (Lipinski definition) is 3. The molecule has 0 spiro atoms. The number of anilines is 1. The molecule has 2 aromatic carbocycles. The van der Waals surface area contributed by atoms with Crippen molar-refractivity contribution < 1.29 is 24.6 Å². The maximum Gasteiger partial charge on any atom is 0.337 e. The molecule has 3 N–H and O–H groups in total. The summed E-state index contributed by atoms with van der Waals surface area (Å²) in [6.07, 6.45) is 2.52. The van der Waals surface area contributed by atoms with E-state index in [4.69, 9.17) is 10.2 Å². The number of para-hydroxylation sites is 1. The molecule has 6 heteroatoms. The van der Waals surface area contributed by atoms with Gasteiger partial charge < -0.3 is 15.5 Å². The predicted octanol–water partition coefficient (Wildman–Crippen LogP) is 2.73. The first-order chi connectivity index (χ1) is 11.0. The van der Waals surface area contributed by atoms with Gasteiger partial charge in [0.1, 0.15) is 0 Å². The Hall–Kier alpha value is -3.41. The number of aromatic carboxylic acids is 2. The molecule has 2 aromatic rings. The van der Waals surface area contributed by atoms with Gasteiger partial charge in [-0.05, 0) is 29.8 Å². The molecule has 0 aliphatic rings. The number of rotatable bonds is 5. The monoisotopic (exact) mass is 311 g/mol. The molecule has 0 fully saturated rings. The summed E-state index contributed by atoms with van der Waals surface area (Å²) in [6.45, 7) is 0. The average Bonchev–Trinajstić information content (AvgIpc) is 2.53. The molecule has 23 heavy (non-hydrogen) atoms. The molecule has 0 aromatic heterocycles. The summed E-state index contributed by atoms with van der Waals surface area (Å²) in [5.74, 6) is -2.80. The Labute approximate surface area is 131 Å². The van der Waals surface area contributed by atoms with Gasteiger partial charge in [0, 0.05) is 6.08 Å². The van der Waals surface area contributed by atoms with Crippen molar-refractivity contribution in [3.63, 3.8) is 0 Å². The number of carboxylic acids is 2. The van der Waals surface area contributed by atoms with Crippen LogP contribution in [0.25, 0.3) is 6.08 Å². The Balaban J connectivity index is 2.18. The van der Waals surface area contributed by atoms with E-state index < -0.39 is 17.8 Å². The molecule has 0 bridgehead atoms. The van der Waals surface area contributed by atoms with Gasteiger partial charge in [0.25, 0.3) is 0 Å². The van der Waals surface area contributed by atoms with Gasteiger partial charge in [-0.2, -0.15) is 0 Å². The van der Waals surface area contributed by atoms with Crippen LogP contribution in [0.2, 0.25) is 0 Å². The standard InChI is InChI=1S/C17H13NO5/c19-15(18-14-8-4-3-7-13(14)17(22)23)10-9-11-5-1-2-6-12(11)16(20)21/h1-10H,(H,18,19)(H,20,21)(H,22,23)/b10-9+. The van der Waals surface area contributed by atoms with Crippen LogP contribution >= 0.6 is 0 Å². The smallest absolute Gasteiger partial charge is 0.337 e. The molecular weight excluding hydrogens is 298 g/mol. The third-order valence-electron chi connectivity index (χ3n) is 3.02. The molecule has 0 aliphatic heterocycles. The Morgan fingerprint density at radius 3 is 2.04 bits per heavy atom. The van der Waals surface area contributed by atoms with E-state index in [2.05, 4.69) is 5.32 Å². The number of hydrogen-bond acceptors (Lipinski definition) is 3. The van der Waals surface area contributed by atoms with Gasteiger partial charge in [0.15, 0.2) is 0 Å². The average molecular weight is 311 g/mol. The van der Waals surface area contributed by atoms with Gasteiger partial charge in [-0.15, -0.1) is 0 Å². The third kappa shape index (κ3) is 4.04. The Kier molecular flexibility index (Phi) is 4.89. The van der Waals surface area contributed by atoms with E-state index in [0.29, 0.717) is 5.56 Å². The van der Waals surface area contributed by atoms with Crippen molar-refractivity contribution in [3.05, 3.63) is 71.3 Å². The predicted molar refractivity (Wildman–Crippen MR) is 84.5 cm³/mol. The minimum atomic E-state index is -1.15. The van der Waals surface area contributed by atoms with E-state index >= 15 is 0 Å². The molecule has 0 radical (unpaired) electrons. The van der Waals surface area contributed by atoms with Crippen LogP contribution in [0.15, 0.2) is 54.6 Å². The minimum Gasteiger partial charge on any atom is -0.478 e. The second kappa shape index (κ2) is 7.04. The van der Waals surface area contributed by atoms with Crippen molar-refractivity contribution in [2.24, 2.45) is 0 Å². The summed E-state index contributed by atoms with van der Waals surface area (Å²) in [7, 11) is 0. The normalized spacial score (nSPS) is 10.4. The number of carboxylic acid groups (broad SMARTS) is 2. The van der Waals surface area contributed by atoms with Crippen LogP contribution in [0.3, 0.4) is 0 Å². The van der Waals surface area contributed by atoms with E-state index in [1.54, 1.807) is 30.3 Å². The fourth-order valence-corrected chi connectivity index (χ4v) is 1.96. The summed E-state index contributed by atoms with van der Waals surface area (Å²) in [5.41, 5.74) is 0.588. The first-order valence-electron chi connectivity index (χ1n) is 6.62. The summed E-state index contributed by atoms with van der Waals surface area (Å²) >= 11 is 0. The molecule has 0 aliphatic carbocycles. The molecule has 0 saturated carbocycles. The Bertz CT molecular complexity index is 795. The van der Waals surface area contributed by atoms with E-state index in [-0.39, 0.29) is 16.8 Å². The van der Waals surface area contributed by atoms with Crippen molar-refractivity contribution in [2.45, 2.75) is 0 Å². The van der Waals surface area contributed by atoms with Crippen molar-refractivity contribution >= 4 is 29.6 Å². The van der Waals surface area contributed by atoms with Gasteiger partial charge in [0.05, 0.1) is 16.8 Å². The van der Waals surface area contributed by atoms with Gasteiger partial charge >= 0.3 is 11.9 Å². The second-order valence-corrected chi connectivity index (χ2v) is 4.57. The maximum atomic E-state index is 11.9. The molecule has 0 atom stereocenters. The third-order valence-corrected chi connectivity index (χ3v) is 3.02. The van der Waals surface area contributed by atoms with E-state index in [1.807, 2.05) is 0 Å². The highest BCUT2D eigenvalue weighted by Crippen LogP contribution is 2.15. The van der Waals surface area contributed by atoms with E-state index in [9.17, 15) is 14.4 Å². The van der Waals surface area contributed by atoms with E-state index in [0.717, 1.165) is 6.08 Å².